The molecule has 0 unspecified atom stereocenters. The topological polar surface area (TPSA) is 32.3 Å². The van der Waals surface area contributed by atoms with Crippen LogP contribution in [0.2, 0.25) is 13.1 Å². The van der Waals surface area contributed by atoms with Crippen molar-refractivity contribution >= 4 is 13.8 Å². The minimum Gasteiger partial charge on any atom is -0.399 e. The Hall–Kier alpha value is -1.06. The zero-order valence-electron chi connectivity index (χ0n) is 9.40. The molecule has 0 saturated carbocycles. The van der Waals surface area contributed by atoms with Crippen LogP contribution in [0.15, 0.2) is 42.1 Å². The molecule has 0 fully saturated rings. The largest absolute Gasteiger partial charge is 0.399 e. The highest BCUT2D eigenvalue weighted by atomic mass is 28.3. The van der Waals surface area contributed by atoms with Crippen LogP contribution < -0.4 is 5.32 Å². The quantitative estimate of drug-likeness (QED) is 0.749. The fraction of sp³-hybridized carbons (Fsp3) is 0.333. The third-order valence-corrected chi connectivity index (χ3v) is 4.13. The molecule has 1 aromatic carbocycles. The number of aliphatic hydroxyl groups excluding tert-OH is 1. The van der Waals surface area contributed by atoms with Gasteiger partial charge in [-0.15, -0.1) is 0 Å². The van der Waals surface area contributed by atoms with E-state index in [1.807, 2.05) is 30.3 Å². The first kappa shape index (κ1) is 12.0. The van der Waals surface area contributed by atoms with Crippen molar-refractivity contribution in [2.45, 2.75) is 13.1 Å². The summed E-state index contributed by atoms with van der Waals surface area (Å²) < 4.78 is 0. The van der Waals surface area contributed by atoms with Gasteiger partial charge in [-0.1, -0.05) is 43.1 Å². The first-order valence-corrected chi connectivity index (χ1v) is 8.50. The molecule has 0 aliphatic carbocycles. The van der Waals surface area contributed by atoms with Gasteiger partial charge in [-0.25, -0.2) is 0 Å². The van der Waals surface area contributed by atoms with Gasteiger partial charge in [0.1, 0.15) is 8.07 Å². The maximum atomic E-state index is 9.10. The Kier molecular flexibility index (Phi) is 4.59. The van der Waals surface area contributed by atoms with Gasteiger partial charge in [0, 0.05) is 18.5 Å². The molecule has 0 heterocycles. The maximum absolute atomic E-state index is 9.10. The molecule has 2 N–H and O–H groups in total. The second-order valence-corrected chi connectivity index (χ2v) is 8.92. The summed E-state index contributed by atoms with van der Waals surface area (Å²) in [5.74, 6) is 0. The summed E-state index contributed by atoms with van der Waals surface area (Å²) in [6, 6.07) is 10.1. The number of anilines is 1. The Morgan fingerprint density at radius 3 is 2.53 bits per heavy atom. The van der Waals surface area contributed by atoms with Gasteiger partial charge in [0.05, 0.1) is 0 Å². The lowest BCUT2D eigenvalue weighted by molar-refractivity contribution is 0.360. The Bertz CT molecular complexity index is 309. The predicted molar refractivity (Wildman–Crippen MR) is 68.6 cm³/mol. The second kappa shape index (κ2) is 5.73. The molecule has 2 nitrogen and oxygen atoms in total. The van der Waals surface area contributed by atoms with E-state index < -0.39 is 8.07 Å². The zero-order valence-corrected chi connectivity index (χ0v) is 10.4. The SMILES string of the molecule is C[Si](C)(C=CCNc1ccccc1)CO. The van der Waals surface area contributed by atoms with Crippen LogP contribution in [-0.4, -0.2) is 26.0 Å². The monoisotopic (exact) mass is 221 g/mol. The molecule has 0 saturated heterocycles. The molecule has 1 aromatic rings. The minimum absolute atomic E-state index is 0.314. The van der Waals surface area contributed by atoms with E-state index in [0.717, 1.165) is 12.2 Å². The van der Waals surface area contributed by atoms with Crippen molar-refractivity contribution in [1.82, 2.24) is 0 Å². The Morgan fingerprint density at radius 1 is 1.27 bits per heavy atom. The molecule has 82 valence electrons. The number of nitrogens with one attached hydrogen (secondary N) is 1. The highest BCUT2D eigenvalue weighted by molar-refractivity contribution is 6.82. The van der Waals surface area contributed by atoms with Gasteiger partial charge in [-0.05, 0) is 12.1 Å². The zero-order chi connectivity index (χ0) is 11.1. The third-order valence-electron chi connectivity index (χ3n) is 2.17. The molecule has 0 aliphatic rings. The third kappa shape index (κ3) is 4.81. The maximum Gasteiger partial charge on any atom is 0.100 e. The minimum atomic E-state index is -1.48. The summed E-state index contributed by atoms with van der Waals surface area (Å²) in [7, 11) is -1.48. The van der Waals surface area contributed by atoms with E-state index in [4.69, 9.17) is 5.11 Å². The van der Waals surface area contributed by atoms with Gasteiger partial charge in [0.15, 0.2) is 0 Å². The molecule has 0 amide bonds. The van der Waals surface area contributed by atoms with Crippen molar-refractivity contribution in [2.24, 2.45) is 0 Å². The van der Waals surface area contributed by atoms with Crippen molar-refractivity contribution < 1.29 is 5.11 Å². The molecule has 0 radical (unpaired) electrons. The Labute approximate surface area is 92.7 Å². The number of rotatable bonds is 5. The van der Waals surface area contributed by atoms with Crippen LogP contribution in [0.4, 0.5) is 5.69 Å². The number of hydrogen-bond acceptors (Lipinski definition) is 2. The van der Waals surface area contributed by atoms with Crippen molar-refractivity contribution in [3.05, 3.63) is 42.1 Å². The highest BCUT2D eigenvalue weighted by Crippen LogP contribution is 2.05. The molecule has 0 aliphatic heterocycles. The van der Waals surface area contributed by atoms with Crippen LogP contribution in [0.5, 0.6) is 0 Å². The van der Waals surface area contributed by atoms with E-state index in [-0.39, 0.29) is 0 Å². The average Bonchev–Trinajstić information content (AvgIpc) is 2.26. The van der Waals surface area contributed by atoms with Gasteiger partial charge in [0.2, 0.25) is 0 Å². The number of benzene rings is 1. The molecule has 0 bridgehead atoms. The first-order chi connectivity index (χ1) is 7.14. The molecule has 15 heavy (non-hydrogen) atoms. The van der Waals surface area contributed by atoms with E-state index in [1.165, 1.54) is 0 Å². The van der Waals surface area contributed by atoms with Crippen LogP contribution in [-0.2, 0) is 0 Å². The second-order valence-electron chi connectivity index (χ2n) is 4.30. The summed E-state index contributed by atoms with van der Waals surface area (Å²) in [5, 5.41) is 12.4. The van der Waals surface area contributed by atoms with Gasteiger partial charge in [-0.2, -0.15) is 0 Å². The van der Waals surface area contributed by atoms with E-state index >= 15 is 0 Å². The lowest BCUT2D eigenvalue weighted by atomic mass is 10.3. The lowest BCUT2D eigenvalue weighted by Crippen LogP contribution is -2.28. The van der Waals surface area contributed by atoms with Gasteiger partial charge in [0.25, 0.3) is 0 Å². The van der Waals surface area contributed by atoms with E-state index in [1.54, 1.807) is 0 Å². The molecular formula is C12H19NOSi. The first-order valence-electron chi connectivity index (χ1n) is 5.21. The summed E-state index contributed by atoms with van der Waals surface area (Å²) in [6.45, 7) is 5.11. The lowest BCUT2D eigenvalue weighted by Gasteiger charge is -2.12. The molecule has 1 rings (SSSR count). The van der Waals surface area contributed by atoms with Crippen LogP contribution >= 0.6 is 0 Å². The van der Waals surface area contributed by atoms with E-state index in [9.17, 15) is 0 Å². The number of aliphatic hydroxyl groups is 1. The molecule has 0 aromatic heterocycles. The summed E-state index contributed by atoms with van der Waals surface area (Å²) in [5.41, 5.74) is 3.30. The van der Waals surface area contributed by atoms with E-state index in [2.05, 4.69) is 30.2 Å². The van der Waals surface area contributed by atoms with Gasteiger partial charge in [-0.3, -0.25) is 0 Å². The van der Waals surface area contributed by atoms with E-state index in [0.29, 0.717) is 6.23 Å². The van der Waals surface area contributed by atoms with Crippen molar-refractivity contribution in [3.8, 4) is 0 Å². The van der Waals surface area contributed by atoms with Gasteiger partial charge >= 0.3 is 0 Å². The van der Waals surface area contributed by atoms with Crippen LogP contribution in [0, 0.1) is 0 Å². The Balaban J connectivity index is 2.34. The fourth-order valence-electron chi connectivity index (χ4n) is 1.16. The molecule has 0 atom stereocenters. The van der Waals surface area contributed by atoms with Crippen molar-refractivity contribution in [1.29, 1.82) is 0 Å². The predicted octanol–water partition coefficient (Wildman–Crippen LogP) is 2.43. The molecule has 3 heteroatoms. The normalized spacial score (nSPS) is 11.9. The summed E-state index contributed by atoms with van der Waals surface area (Å²) >= 11 is 0. The van der Waals surface area contributed by atoms with Crippen LogP contribution in [0.3, 0.4) is 0 Å². The highest BCUT2D eigenvalue weighted by Gasteiger charge is 2.13. The summed E-state index contributed by atoms with van der Waals surface area (Å²) in [4.78, 5) is 0. The van der Waals surface area contributed by atoms with Gasteiger partial charge < -0.3 is 10.4 Å². The summed E-state index contributed by atoms with van der Waals surface area (Å²) in [6.07, 6.45) is 2.42. The molecular weight excluding hydrogens is 202 g/mol. The number of hydrogen-bond donors (Lipinski definition) is 2. The molecule has 0 spiro atoms. The smallest absolute Gasteiger partial charge is 0.100 e. The van der Waals surface area contributed by atoms with Crippen molar-refractivity contribution in [2.75, 3.05) is 18.1 Å². The van der Waals surface area contributed by atoms with Crippen LogP contribution in [0.1, 0.15) is 0 Å². The average molecular weight is 221 g/mol. The standard InChI is InChI=1S/C12H19NOSi/c1-15(2,11-14)10-6-9-13-12-7-4-3-5-8-12/h3-8,10,13-14H,9,11H2,1-2H3. The number of para-hydroxylation sites is 1. The fourth-order valence-corrected chi connectivity index (χ4v) is 2.02. The van der Waals surface area contributed by atoms with Crippen molar-refractivity contribution in [3.63, 3.8) is 0 Å². The van der Waals surface area contributed by atoms with Crippen LogP contribution in [0.25, 0.3) is 0 Å². The Morgan fingerprint density at radius 2 is 1.93 bits per heavy atom.